The third kappa shape index (κ3) is 2.88. The van der Waals surface area contributed by atoms with E-state index in [1.54, 1.807) is 0 Å². The van der Waals surface area contributed by atoms with Crippen molar-refractivity contribution in [3.8, 4) is 0 Å². The van der Waals surface area contributed by atoms with Crippen LogP contribution in [0.1, 0.15) is 37.8 Å². The number of aryl methyl sites for hydroxylation is 1. The van der Waals surface area contributed by atoms with Crippen molar-refractivity contribution in [2.75, 3.05) is 23.4 Å². The summed E-state index contributed by atoms with van der Waals surface area (Å²) in [5, 5.41) is 7.63. The Morgan fingerprint density at radius 2 is 2.11 bits per heavy atom. The van der Waals surface area contributed by atoms with Crippen molar-refractivity contribution in [2.45, 2.75) is 50.6 Å². The average molecular weight is 378 g/mol. The van der Waals surface area contributed by atoms with Crippen LogP contribution in [0.25, 0.3) is 11.2 Å². The van der Waals surface area contributed by atoms with Crippen molar-refractivity contribution >= 4 is 28.5 Å². The fraction of sp³-hybridized carbons (Fsp3) is 0.500. The monoisotopic (exact) mass is 378 g/mol. The molecule has 1 aliphatic carbocycles. The summed E-state index contributed by atoms with van der Waals surface area (Å²) in [7, 11) is 2.07. The van der Waals surface area contributed by atoms with Crippen LogP contribution in [-0.4, -0.2) is 50.8 Å². The minimum atomic E-state index is 0.186. The summed E-state index contributed by atoms with van der Waals surface area (Å²) in [6.45, 7) is 0.902. The minimum Gasteiger partial charge on any atom is -0.354 e. The smallest absolute Gasteiger partial charge is 0.183 e. The zero-order valence-electron chi connectivity index (χ0n) is 16.2. The van der Waals surface area contributed by atoms with E-state index in [2.05, 4.69) is 38.1 Å². The Kier molecular flexibility index (Phi) is 4.35. The number of hydrogen-bond acceptors (Lipinski definition) is 7. The molecule has 0 saturated heterocycles. The molecule has 5 rings (SSSR count). The molecule has 0 amide bonds. The molecule has 1 aliphatic heterocycles. The van der Waals surface area contributed by atoms with E-state index in [0.29, 0.717) is 11.7 Å². The number of nitrogens with zero attached hydrogens (tertiary/aromatic N) is 6. The average Bonchev–Trinajstić information content (AvgIpc) is 3.16. The molecule has 1 saturated carbocycles. The molecule has 8 heteroatoms. The van der Waals surface area contributed by atoms with E-state index in [-0.39, 0.29) is 6.04 Å². The van der Waals surface area contributed by atoms with Crippen LogP contribution in [0.4, 0.5) is 17.3 Å². The molecule has 8 nitrogen and oxygen atoms in total. The normalized spacial score (nSPS) is 22.3. The first kappa shape index (κ1) is 17.4. The first-order valence-corrected chi connectivity index (χ1v) is 10.1. The fourth-order valence-electron chi connectivity index (χ4n) is 4.54. The van der Waals surface area contributed by atoms with Crippen molar-refractivity contribution < 1.29 is 0 Å². The predicted molar refractivity (Wildman–Crippen MR) is 110 cm³/mol. The van der Waals surface area contributed by atoms with E-state index in [0.717, 1.165) is 60.8 Å². The van der Waals surface area contributed by atoms with Crippen LogP contribution >= 0.6 is 0 Å². The number of aromatic nitrogens is 5. The van der Waals surface area contributed by atoms with Gasteiger partial charge in [-0.3, -0.25) is 10.1 Å². The van der Waals surface area contributed by atoms with Crippen LogP contribution < -0.4 is 15.5 Å². The summed E-state index contributed by atoms with van der Waals surface area (Å²) in [4.78, 5) is 18.4. The van der Waals surface area contributed by atoms with E-state index in [1.165, 1.54) is 12.8 Å². The summed E-state index contributed by atoms with van der Waals surface area (Å²) < 4.78 is 0. The second-order valence-corrected chi connectivity index (χ2v) is 7.82. The van der Waals surface area contributed by atoms with Gasteiger partial charge in [-0.1, -0.05) is 12.8 Å². The zero-order valence-corrected chi connectivity index (χ0v) is 16.2. The Morgan fingerprint density at radius 3 is 3.00 bits per heavy atom. The Labute approximate surface area is 164 Å². The van der Waals surface area contributed by atoms with Gasteiger partial charge in [0.25, 0.3) is 0 Å². The van der Waals surface area contributed by atoms with Crippen molar-refractivity contribution in [1.29, 1.82) is 0 Å². The molecule has 3 aromatic heterocycles. The number of H-pyrrole nitrogens is 1. The summed E-state index contributed by atoms with van der Waals surface area (Å²) in [5.41, 5.74) is 10.1. The fourth-order valence-corrected chi connectivity index (χ4v) is 4.54. The molecule has 3 aromatic rings. The molecule has 2 atom stereocenters. The van der Waals surface area contributed by atoms with Gasteiger partial charge in [-0.25, -0.2) is 9.97 Å². The first-order chi connectivity index (χ1) is 13.7. The number of nitrogens with one attached hydrogen (secondary N) is 1. The van der Waals surface area contributed by atoms with Gasteiger partial charge in [0.1, 0.15) is 5.82 Å². The molecule has 0 bridgehead atoms. The number of rotatable bonds is 3. The van der Waals surface area contributed by atoms with Gasteiger partial charge in [0.15, 0.2) is 17.0 Å². The number of likely N-dealkylation sites (N-methyl/N-ethyl adjacent to an activating group) is 1. The lowest BCUT2D eigenvalue weighted by molar-refractivity contribution is 0.372. The van der Waals surface area contributed by atoms with Crippen molar-refractivity contribution in [2.24, 2.45) is 5.73 Å². The standard InChI is InChI=1S/C20H26N8/c1-27(15-8-3-2-6-13(15)21)17-12-23-18-19(24-17)25-26-20(18)28-11-5-7-14-16(28)9-4-10-22-14/h4,9-10,12-13,15H,2-3,5-8,11,21H2,1H3,(H,24,25,26)/t13-,15+/m0/s1. The largest absolute Gasteiger partial charge is 0.354 e. The number of aromatic amines is 1. The van der Waals surface area contributed by atoms with Crippen LogP contribution in [-0.2, 0) is 6.42 Å². The van der Waals surface area contributed by atoms with Gasteiger partial charge < -0.3 is 15.5 Å². The summed E-state index contributed by atoms with van der Waals surface area (Å²) in [6.07, 6.45) is 10.3. The van der Waals surface area contributed by atoms with Gasteiger partial charge in [-0.2, -0.15) is 5.10 Å². The molecule has 0 spiro atoms. The molecule has 3 N–H and O–H groups in total. The Balaban J connectivity index is 1.48. The van der Waals surface area contributed by atoms with Crippen molar-refractivity contribution in [3.63, 3.8) is 0 Å². The molecule has 28 heavy (non-hydrogen) atoms. The molecule has 146 valence electrons. The highest BCUT2D eigenvalue weighted by atomic mass is 15.3. The van der Waals surface area contributed by atoms with Gasteiger partial charge in [0.2, 0.25) is 0 Å². The lowest BCUT2D eigenvalue weighted by atomic mass is 9.90. The van der Waals surface area contributed by atoms with Crippen LogP contribution in [0.3, 0.4) is 0 Å². The second kappa shape index (κ2) is 7.01. The van der Waals surface area contributed by atoms with Gasteiger partial charge in [-0.05, 0) is 37.8 Å². The van der Waals surface area contributed by atoms with Gasteiger partial charge >= 0.3 is 0 Å². The Bertz CT molecular complexity index is 983. The summed E-state index contributed by atoms with van der Waals surface area (Å²) in [5.74, 6) is 1.66. The highest BCUT2D eigenvalue weighted by Gasteiger charge is 2.28. The van der Waals surface area contributed by atoms with Gasteiger partial charge in [0.05, 0.1) is 17.6 Å². The summed E-state index contributed by atoms with van der Waals surface area (Å²) >= 11 is 0. The molecule has 4 heterocycles. The molecule has 0 unspecified atom stereocenters. The Morgan fingerprint density at radius 1 is 1.21 bits per heavy atom. The number of nitrogens with two attached hydrogens (primary N) is 1. The van der Waals surface area contributed by atoms with E-state index < -0.39 is 0 Å². The molecule has 0 aromatic carbocycles. The zero-order chi connectivity index (χ0) is 19.1. The van der Waals surface area contributed by atoms with E-state index in [4.69, 9.17) is 15.7 Å². The predicted octanol–water partition coefficient (Wildman–Crippen LogP) is 2.54. The quantitative estimate of drug-likeness (QED) is 0.722. The van der Waals surface area contributed by atoms with Crippen molar-refractivity contribution in [1.82, 2.24) is 25.1 Å². The maximum absolute atomic E-state index is 6.35. The van der Waals surface area contributed by atoms with E-state index in [9.17, 15) is 0 Å². The Hall–Kier alpha value is -2.74. The van der Waals surface area contributed by atoms with Crippen LogP contribution in [0, 0.1) is 0 Å². The third-order valence-electron chi connectivity index (χ3n) is 6.09. The first-order valence-electron chi connectivity index (χ1n) is 10.1. The number of fused-ring (bicyclic) bond motifs is 2. The van der Waals surface area contributed by atoms with Gasteiger partial charge in [-0.15, -0.1) is 0 Å². The van der Waals surface area contributed by atoms with Crippen LogP contribution in [0.15, 0.2) is 24.5 Å². The number of pyridine rings is 1. The molecular weight excluding hydrogens is 352 g/mol. The topological polar surface area (TPSA) is 99.9 Å². The van der Waals surface area contributed by atoms with Crippen molar-refractivity contribution in [3.05, 3.63) is 30.2 Å². The van der Waals surface area contributed by atoms with E-state index in [1.807, 2.05) is 18.5 Å². The maximum Gasteiger partial charge on any atom is 0.183 e. The second-order valence-electron chi connectivity index (χ2n) is 7.82. The van der Waals surface area contributed by atoms with E-state index >= 15 is 0 Å². The SMILES string of the molecule is CN(c1cnc2c(N3CCCc4ncccc43)n[nH]c2n1)[C@@H]1CCCC[C@@H]1N. The molecule has 1 fully saturated rings. The highest BCUT2D eigenvalue weighted by Crippen LogP contribution is 2.34. The number of anilines is 3. The summed E-state index contributed by atoms with van der Waals surface area (Å²) in [6, 6.07) is 4.56. The minimum absolute atomic E-state index is 0.186. The van der Waals surface area contributed by atoms with Crippen LogP contribution in [0.2, 0.25) is 0 Å². The lowest BCUT2D eigenvalue weighted by Crippen LogP contribution is -2.48. The molecular formula is C20H26N8. The number of hydrogen-bond donors (Lipinski definition) is 2. The molecule has 0 radical (unpaired) electrons. The third-order valence-corrected chi connectivity index (χ3v) is 6.09. The maximum atomic E-state index is 6.35. The molecule has 2 aliphatic rings. The highest BCUT2D eigenvalue weighted by molar-refractivity contribution is 5.87. The lowest BCUT2D eigenvalue weighted by Gasteiger charge is -2.36. The van der Waals surface area contributed by atoms with Gasteiger partial charge in [0, 0.05) is 31.9 Å². The van der Waals surface area contributed by atoms with Crippen LogP contribution in [0.5, 0.6) is 0 Å².